The lowest BCUT2D eigenvalue weighted by Crippen LogP contribution is -2.37. The predicted octanol–water partition coefficient (Wildman–Crippen LogP) is 8.21. The van der Waals surface area contributed by atoms with Crippen LogP contribution in [0.25, 0.3) is 11.1 Å². The van der Waals surface area contributed by atoms with Crippen molar-refractivity contribution in [1.29, 1.82) is 0 Å². The smallest absolute Gasteiger partial charge is 0.411 e. The molecule has 0 spiro atoms. The van der Waals surface area contributed by atoms with Crippen LogP contribution in [0.5, 0.6) is 5.75 Å². The minimum Gasteiger partial charge on any atom is -0.494 e. The maximum atomic E-state index is 14.1. The van der Waals surface area contributed by atoms with Crippen molar-refractivity contribution >= 4 is 19.2 Å². The van der Waals surface area contributed by atoms with E-state index in [9.17, 15) is 26.9 Å². The highest BCUT2D eigenvalue weighted by Gasteiger charge is 2.68. The molecule has 0 fully saturated rings. The fourth-order valence-electron chi connectivity index (χ4n) is 3.95. The van der Waals surface area contributed by atoms with Crippen LogP contribution in [0.4, 0.5) is 23.2 Å². The van der Waals surface area contributed by atoms with Gasteiger partial charge in [0.1, 0.15) is 5.75 Å². The van der Waals surface area contributed by atoms with Crippen molar-refractivity contribution in [2.24, 2.45) is 0 Å². The number of amides is 1. The van der Waals surface area contributed by atoms with E-state index in [1.54, 1.807) is 24.3 Å². The highest BCUT2D eigenvalue weighted by atomic mass is 31.2. The van der Waals surface area contributed by atoms with Gasteiger partial charge in [0.15, 0.2) is 0 Å². The van der Waals surface area contributed by atoms with Gasteiger partial charge in [-0.15, -0.1) is 0 Å². The van der Waals surface area contributed by atoms with Crippen LogP contribution in [0.1, 0.15) is 61.4 Å². The Kier molecular flexibility index (Phi) is 10.5. The van der Waals surface area contributed by atoms with Crippen LogP contribution in [0.2, 0.25) is 0 Å². The van der Waals surface area contributed by atoms with Crippen LogP contribution in [-0.4, -0.2) is 28.0 Å². The first-order valence-corrected chi connectivity index (χ1v) is 14.5. The summed E-state index contributed by atoms with van der Waals surface area (Å²) in [6.07, 6.45) is 7.13. The first kappa shape index (κ1) is 31.3. The number of unbranched alkanes of at least 4 members (excludes halogenated alkanes) is 5. The van der Waals surface area contributed by atoms with Crippen molar-refractivity contribution in [3.8, 4) is 16.9 Å². The average molecular weight is 582 g/mol. The third-order valence-corrected chi connectivity index (χ3v) is 7.36. The molecule has 0 unspecified atom stereocenters. The summed E-state index contributed by atoms with van der Waals surface area (Å²) in [5, 5.41) is 2.47. The highest BCUT2D eigenvalue weighted by Crippen LogP contribution is 2.63. The molecule has 3 aromatic carbocycles. The monoisotopic (exact) mass is 581 g/mol. The molecular formula is C29H32F4NO5P. The van der Waals surface area contributed by atoms with Gasteiger partial charge in [-0.1, -0.05) is 75.4 Å². The molecule has 3 aromatic rings. The van der Waals surface area contributed by atoms with Crippen LogP contribution >= 0.6 is 7.60 Å². The molecule has 0 aliphatic heterocycles. The Morgan fingerprint density at radius 1 is 0.800 bits per heavy atom. The fourth-order valence-corrected chi connectivity index (χ4v) is 4.45. The Balaban J connectivity index is 1.56. The molecule has 40 heavy (non-hydrogen) atoms. The van der Waals surface area contributed by atoms with E-state index >= 15 is 0 Å². The Hall–Kier alpha value is -3.20. The molecule has 1 amide bonds. The van der Waals surface area contributed by atoms with E-state index in [0.29, 0.717) is 18.7 Å². The molecule has 216 valence electrons. The number of rotatable bonds is 14. The van der Waals surface area contributed by atoms with E-state index < -0.39 is 30.7 Å². The third-order valence-electron chi connectivity index (χ3n) is 6.35. The highest BCUT2D eigenvalue weighted by molar-refractivity contribution is 7.53. The van der Waals surface area contributed by atoms with E-state index in [1.165, 1.54) is 25.7 Å². The first-order valence-electron chi connectivity index (χ1n) is 12.9. The SMILES string of the molecule is CCCCCCCCOc1ccc(-c2ccc(C(=O)Nc3ccc(C(F)(F)C(F)(F)P(=O)(O)O)cc3)cc2)cc1. The van der Waals surface area contributed by atoms with Crippen molar-refractivity contribution in [3.05, 3.63) is 83.9 Å². The van der Waals surface area contributed by atoms with Crippen LogP contribution in [0.3, 0.4) is 0 Å². The summed E-state index contributed by atoms with van der Waals surface area (Å²) in [4.78, 5) is 29.8. The summed E-state index contributed by atoms with van der Waals surface area (Å²) >= 11 is 0. The van der Waals surface area contributed by atoms with Crippen LogP contribution < -0.4 is 10.1 Å². The summed E-state index contributed by atoms with van der Waals surface area (Å²) in [5.41, 5.74) is -4.82. The largest absolute Gasteiger partial charge is 0.494 e. The number of benzene rings is 3. The lowest BCUT2D eigenvalue weighted by molar-refractivity contribution is -0.174. The summed E-state index contributed by atoms with van der Waals surface area (Å²) in [7, 11) is -6.43. The predicted molar refractivity (Wildman–Crippen MR) is 146 cm³/mol. The van der Waals surface area contributed by atoms with E-state index in [1.807, 2.05) is 24.3 Å². The van der Waals surface area contributed by atoms with Gasteiger partial charge in [0.2, 0.25) is 0 Å². The summed E-state index contributed by atoms with van der Waals surface area (Å²) in [5.74, 6) is -4.91. The van der Waals surface area contributed by atoms with Gasteiger partial charge in [-0.3, -0.25) is 9.36 Å². The maximum absolute atomic E-state index is 14.1. The fraction of sp³-hybridized carbons (Fsp3) is 0.345. The average Bonchev–Trinajstić information content (AvgIpc) is 2.92. The van der Waals surface area contributed by atoms with E-state index in [2.05, 4.69) is 12.2 Å². The summed E-state index contributed by atoms with van der Waals surface area (Å²) in [6, 6.07) is 17.3. The number of nitrogens with one attached hydrogen (secondary N) is 1. The van der Waals surface area contributed by atoms with Gasteiger partial charge in [-0.2, -0.15) is 17.6 Å². The molecule has 0 atom stereocenters. The second-order valence-electron chi connectivity index (χ2n) is 9.41. The molecule has 0 aliphatic rings. The topological polar surface area (TPSA) is 95.9 Å². The number of hydrogen-bond acceptors (Lipinski definition) is 3. The van der Waals surface area contributed by atoms with Gasteiger partial charge >= 0.3 is 19.2 Å². The quantitative estimate of drug-likeness (QED) is 0.101. The van der Waals surface area contributed by atoms with Crippen molar-refractivity contribution < 1.29 is 41.4 Å². The van der Waals surface area contributed by atoms with Crippen molar-refractivity contribution in [2.45, 2.75) is 57.0 Å². The van der Waals surface area contributed by atoms with E-state index in [4.69, 9.17) is 14.5 Å². The molecule has 6 nitrogen and oxygen atoms in total. The van der Waals surface area contributed by atoms with Crippen molar-refractivity contribution in [2.75, 3.05) is 11.9 Å². The molecule has 11 heteroatoms. The number of ether oxygens (including phenoxy) is 1. The van der Waals surface area contributed by atoms with E-state index in [-0.39, 0.29) is 11.3 Å². The van der Waals surface area contributed by atoms with Gasteiger partial charge in [0.05, 0.1) is 6.61 Å². The Labute approximate surface area is 230 Å². The van der Waals surface area contributed by atoms with Crippen LogP contribution in [0.15, 0.2) is 72.8 Å². The molecule has 0 bridgehead atoms. The van der Waals surface area contributed by atoms with E-state index in [0.717, 1.165) is 41.9 Å². The summed E-state index contributed by atoms with van der Waals surface area (Å²) in [6.45, 7) is 2.86. The van der Waals surface area contributed by atoms with Crippen LogP contribution in [0, 0.1) is 0 Å². The molecule has 0 saturated carbocycles. The zero-order valence-electron chi connectivity index (χ0n) is 22.0. The zero-order chi connectivity index (χ0) is 29.4. The molecule has 0 saturated heterocycles. The van der Waals surface area contributed by atoms with Crippen LogP contribution in [-0.2, 0) is 10.5 Å². The Bertz CT molecular complexity index is 1290. The van der Waals surface area contributed by atoms with Gasteiger partial charge in [-0.05, 0) is 53.9 Å². The lowest BCUT2D eigenvalue weighted by atomic mass is 10.0. The third kappa shape index (κ3) is 7.71. The maximum Gasteiger partial charge on any atom is 0.411 e. The first-order chi connectivity index (χ1) is 18.9. The Morgan fingerprint density at radius 2 is 1.32 bits per heavy atom. The molecule has 0 radical (unpaired) electrons. The second-order valence-corrected chi connectivity index (χ2v) is 11.1. The molecule has 3 rings (SSSR count). The molecule has 0 aliphatic carbocycles. The number of halogens is 4. The number of anilines is 1. The summed E-state index contributed by atoms with van der Waals surface area (Å²) < 4.78 is 72.0. The van der Waals surface area contributed by atoms with Gasteiger partial charge in [0, 0.05) is 16.8 Å². The lowest BCUT2D eigenvalue weighted by Gasteiger charge is -2.27. The number of carbonyl (C=O) groups excluding carboxylic acids is 1. The standard InChI is InChI=1S/C29H32F4NO5P/c1-2-3-4-5-6-7-20-39-26-18-12-22(13-19-26)21-8-10-23(11-9-21)27(35)34-25-16-14-24(15-17-25)28(30,31)29(32,33)40(36,37)38/h8-19H,2-7,20H2,1H3,(H,34,35)(H2,36,37,38). The molecule has 3 N–H and O–H groups in total. The number of hydrogen-bond donors (Lipinski definition) is 3. The molecule has 0 aromatic heterocycles. The van der Waals surface area contributed by atoms with Crippen molar-refractivity contribution in [3.63, 3.8) is 0 Å². The molecular weight excluding hydrogens is 549 g/mol. The molecule has 0 heterocycles. The minimum atomic E-state index is -6.43. The number of alkyl halides is 4. The van der Waals surface area contributed by atoms with Gasteiger partial charge < -0.3 is 19.8 Å². The van der Waals surface area contributed by atoms with Gasteiger partial charge in [-0.25, -0.2) is 0 Å². The van der Waals surface area contributed by atoms with Gasteiger partial charge in [0.25, 0.3) is 5.91 Å². The second kappa shape index (κ2) is 13.4. The minimum absolute atomic E-state index is 0.0321. The number of carbonyl (C=O) groups is 1. The normalized spacial score (nSPS) is 12.3. The Morgan fingerprint density at radius 3 is 1.88 bits per heavy atom. The van der Waals surface area contributed by atoms with Crippen molar-refractivity contribution in [1.82, 2.24) is 0 Å². The zero-order valence-corrected chi connectivity index (χ0v) is 22.9.